The summed E-state index contributed by atoms with van der Waals surface area (Å²) in [5.41, 5.74) is 5.66. The summed E-state index contributed by atoms with van der Waals surface area (Å²) >= 11 is 1.60. The van der Waals surface area contributed by atoms with Gasteiger partial charge in [-0.05, 0) is 43.7 Å². The van der Waals surface area contributed by atoms with Crippen LogP contribution in [-0.2, 0) is 0 Å². The maximum absolute atomic E-state index is 12.4. The van der Waals surface area contributed by atoms with E-state index in [-0.39, 0.29) is 12.6 Å². The molecule has 2 heterocycles. The second-order valence-electron chi connectivity index (χ2n) is 7.28. The molecule has 2 N–H and O–H groups in total. The molecule has 0 amide bonds. The van der Waals surface area contributed by atoms with Crippen LogP contribution in [0.1, 0.15) is 24.4 Å². The zero-order valence-corrected chi connectivity index (χ0v) is 18.1. The van der Waals surface area contributed by atoms with E-state index >= 15 is 0 Å². The van der Waals surface area contributed by atoms with Gasteiger partial charge in [-0.1, -0.05) is 18.2 Å². The van der Waals surface area contributed by atoms with Crippen molar-refractivity contribution in [1.82, 2.24) is 15.0 Å². The molecule has 31 heavy (non-hydrogen) atoms. The summed E-state index contributed by atoms with van der Waals surface area (Å²) in [6.07, 6.45) is -1.12. The summed E-state index contributed by atoms with van der Waals surface area (Å²) < 4.78 is 19.0. The summed E-state index contributed by atoms with van der Waals surface area (Å²) in [6, 6.07) is 15.5. The first-order valence-electron chi connectivity index (χ1n) is 9.94. The number of aliphatic hydroxyl groups is 1. The van der Waals surface area contributed by atoms with Crippen molar-refractivity contribution >= 4 is 27.4 Å². The fourth-order valence-corrected chi connectivity index (χ4v) is 3.94. The molecule has 160 valence electrons. The van der Waals surface area contributed by atoms with Crippen LogP contribution in [0.25, 0.3) is 21.5 Å². The monoisotopic (exact) mass is 438 g/mol. The molecule has 0 saturated heterocycles. The van der Waals surface area contributed by atoms with Gasteiger partial charge in [-0.25, -0.2) is 19.3 Å². The number of benzene rings is 2. The minimum Gasteiger partial charge on any atom is -0.491 e. The fourth-order valence-electron chi connectivity index (χ4n) is 3.22. The number of thiazole rings is 1. The lowest BCUT2D eigenvalue weighted by Gasteiger charge is -2.17. The number of rotatable bonds is 8. The molecule has 0 aliphatic rings. The van der Waals surface area contributed by atoms with E-state index in [2.05, 4.69) is 26.3 Å². The topological polar surface area (TPSA) is 80.2 Å². The van der Waals surface area contributed by atoms with Crippen molar-refractivity contribution in [3.8, 4) is 17.0 Å². The molecule has 8 heteroatoms. The van der Waals surface area contributed by atoms with Gasteiger partial charge in [-0.3, -0.25) is 0 Å². The zero-order valence-electron chi connectivity index (χ0n) is 17.2. The highest BCUT2D eigenvalue weighted by atomic mass is 32.1. The number of alkyl halides is 1. The lowest BCUT2D eigenvalue weighted by Crippen LogP contribution is -2.19. The molecule has 4 aromatic rings. The maximum atomic E-state index is 12.4. The highest BCUT2D eigenvalue weighted by Crippen LogP contribution is 2.28. The summed E-state index contributed by atoms with van der Waals surface area (Å²) in [6.45, 7) is 2.98. The van der Waals surface area contributed by atoms with E-state index in [1.54, 1.807) is 17.4 Å². The zero-order chi connectivity index (χ0) is 21.8. The van der Waals surface area contributed by atoms with Crippen molar-refractivity contribution in [3.05, 3.63) is 65.4 Å². The van der Waals surface area contributed by atoms with Crippen molar-refractivity contribution < 1.29 is 14.2 Å². The molecule has 0 fully saturated rings. The Labute approximate surface area is 183 Å². The number of aliphatic hydroxyl groups excluding tert-OH is 1. The third-order valence-electron chi connectivity index (χ3n) is 4.81. The minimum atomic E-state index is -1.12. The van der Waals surface area contributed by atoms with Gasteiger partial charge in [0.15, 0.2) is 0 Å². The lowest BCUT2D eigenvalue weighted by molar-refractivity contribution is 0.0841. The van der Waals surface area contributed by atoms with Crippen molar-refractivity contribution in [3.63, 3.8) is 0 Å². The molecular formula is C23H23FN4O2S. The van der Waals surface area contributed by atoms with Gasteiger partial charge in [-0.2, -0.15) is 0 Å². The van der Waals surface area contributed by atoms with Crippen LogP contribution in [0.3, 0.4) is 0 Å². The maximum Gasteiger partial charge on any atom is 0.130 e. The van der Waals surface area contributed by atoms with Crippen LogP contribution in [0, 0.1) is 6.92 Å². The van der Waals surface area contributed by atoms with Gasteiger partial charge in [-0.15, -0.1) is 11.3 Å². The molecule has 2 aromatic carbocycles. The number of nitrogens with zero attached hydrogens (tertiary/aromatic N) is 3. The van der Waals surface area contributed by atoms with Crippen molar-refractivity contribution in [2.75, 3.05) is 18.6 Å². The third kappa shape index (κ3) is 5.15. The second kappa shape index (κ2) is 9.36. The Morgan fingerprint density at radius 3 is 2.87 bits per heavy atom. The van der Waals surface area contributed by atoms with Crippen LogP contribution < -0.4 is 10.1 Å². The van der Waals surface area contributed by atoms with Crippen LogP contribution in [0.5, 0.6) is 5.75 Å². The smallest absolute Gasteiger partial charge is 0.130 e. The molecule has 2 atom stereocenters. The third-order valence-corrected chi connectivity index (χ3v) is 5.60. The number of ether oxygens (including phenoxy) is 1. The number of anilines is 1. The van der Waals surface area contributed by atoms with Crippen LogP contribution >= 0.6 is 11.3 Å². The number of hydrogen-bond acceptors (Lipinski definition) is 7. The molecular weight excluding hydrogens is 415 g/mol. The van der Waals surface area contributed by atoms with E-state index in [1.807, 2.05) is 55.8 Å². The standard InChI is InChI=1S/C23H23FN4O2S/c1-14(16-4-3-5-19(8-16)30-12-18(29)11-24)26-23-10-21(27-15(2)28-23)17-6-7-20-22(9-17)31-13-25-20/h3-10,13-14,18,29H,11-12H2,1-2H3,(H,26,27,28). The number of fused-ring (bicyclic) bond motifs is 1. The number of aryl methyl sites for hydroxylation is 1. The van der Waals surface area contributed by atoms with Crippen LogP contribution in [0.4, 0.5) is 10.2 Å². The Hall–Kier alpha value is -3.10. The number of hydrogen-bond donors (Lipinski definition) is 2. The van der Waals surface area contributed by atoms with E-state index in [1.165, 1.54) is 0 Å². The quantitative estimate of drug-likeness (QED) is 0.405. The van der Waals surface area contributed by atoms with E-state index in [9.17, 15) is 9.50 Å². The molecule has 2 unspecified atom stereocenters. The van der Waals surface area contributed by atoms with Crippen LogP contribution in [-0.4, -0.2) is 39.4 Å². The summed E-state index contributed by atoms with van der Waals surface area (Å²) in [4.78, 5) is 13.5. The van der Waals surface area contributed by atoms with Crippen LogP contribution in [0.15, 0.2) is 54.0 Å². The molecule has 0 radical (unpaired) electrons. The molecule has 2 aromatic heterocycles. The highest BCUT2D eigenvalue weighted by Gasteiger charge is 2.12. The van der Waals surface area contributed by atoms with Gasteiger partial charge < -0.3 is 15.2 Å². The molecule has 0 aliphatic carbocycles. The Kier molecular flexibility index (Phi) is 6.39. The van der Waals surface area contributed by atoms with E-state index in [0.717, 1.165) is 32.9 Å². The molecule has 0 saturated carbocycles. The second-order valence-corrected chi connectivity index (χ2v) is 8.16. The van der Waals surface area contributed by atoms with Gasteiger partial charge in [0.1, 0.15) is 36.8 Å². The Bertz CT molecular complexity index is 1180. The SMILES string of the molecule is Cc1nc(NC(C)c2cccc(OCC(O)CF)c2)cc(-c2ccc3ncsc3c2)n1. The minimum absolute atomic E-state index is 0.0548. The largest absolute Gasteiger partial charge is 0.491 e. The first-order chi connectivity index (χ1) is 15.0. The average Bonchev–Trinajstić information content (AvgIpc) is 3.25. The molecule has 0 aliphatic heterocycles. The van der Waals surface area contributed by atoms with Gasteiger partial charge in [0.25, 0.3) is 0 Å². The summed E-state index contributed by atoms with van der Waals surface area (Å²) in [5, 5.41) is 12.8. The average molecular weight is 439 g/mol. The van der Waals surface area contributed by atoms with Crippen molar-refractivity contribution in [2.45, 2.75) is 26.0 Å². The predicted octanol–water partition coefficient (Wildman–Crippen LogP) is 4.94. The Morgan fingerprint density at radius 1 is 1.16 bits per heavy atom. The van der Waals surface area contributed by atoms with Gasteiger partial charge in [0.05, 0.1) is 27.5 Å². The van der Waals surface area contributed by atoms with Gasteiger partial charge in [0, 0.05) is 11.6 Å². The Balaban J connectivity index is 1.52. The first-order valence-corrected chi connectivity index (χ1v) is 10.8. The van der Waals surface area contributed by atoms with E-state index in [4.69, 9.17) is 4.74 Å². The first kappa shape index (κ1) is 21.1. The van der Waals surface area contributed by atoms with Crippen molar-refractivity contribution in [2.24, 2.45) is 0 Å². The van der Waals surface area contributed by atoms with Gasteiger partial charge >= 0.3 is 0 Å². The number of halogens is 1. The number of aromatic nitrogens is 3. The number of nitrogens with one attached hydrogen (secondary N) is 1. The fraction of sp³-hybridized carbons (Fsp3) is 0.261. The molecule has 0 spiro atoms. The van der Waals surface area contributed by atoms with E-state index in [0.29, 0.717) is 11.6 Å². The lowest BCUT2D eigenvalue weighted by atomic mass is 10.1. The molecule has 6 nitrogen and oxygen atoms in total. The Morgan fingerprint density at radius 2 is 2.03 bits per heavy atom. The van der Waals surface area contributed by atoms with Crippen molar-refractivity contribution in [1.29, 1.82) is 0 Å². The normalized spacial score (nSPS) is 13.2. The van der Waals surface area contributed by atoms with E-state index < -0.39 is 12.8 Å². The summed E-state index contributed by atoms with van der Waals surface area (Å²) in [7, 11) is 0. The molecule has 0 bridgehead atoms. The van der Waals surface area contributed by atoms with Crippen LogP contribution in [0.2, 0.25) is 0 Å². The summed E-state index contributed by atoms with van der Waals surface area (Å²) in [5.74, 6) is 1.98. The predicted molar refractivity (Wildman–Crippen MR) is 121 cm³/mol. The van der Waals surface area contributed by atoms with Gasteiger partial charge in [0.2, 0.25) is 0 Å². The highest BCUT2D eigenvalue weighted by molar-refractivity contribution is 7.16. The molecule has 4 rings (SSSR count).